The zero-order valence-electron chi connectivity index (χ0n) is 11.3. The quantitative estimate of drug-likeness (QED) is 0.809. The summed E-state index contributed by atoms with van der Waals surface area (Å²) >= 11 is 0. The van der Waals surface area contributed by atoms with Crippen molar-refractivity contribution in [2.24, 2.45) is 0 Å². The van der Waals surface area contributed by atoms with Gasteiger partial charge in [0.2, 0.25) is 0 Å². The summed E-state index contributed by atoms with van der Waals surface area (Å²) in [5, 5.41) is 7.43. The molecule has 0 amide bonds. The number of benzene rings is 1. The van der Waals surface area contributed by atoms with Gasteiger partial charge in [-0.25, -0.2) is 4.68 Å². The van der Waals surface area contributed by atoms with Gasteiger partial charge in [-0.2, -0.15) is 5.10 Å². The van der Waals surface area contributed by atoms with Crippen molar-refractivity contribution >= 4 is 5.78 Å². The molecular formula is C15H19N3O. The van der Waals surface area contributed by atoms with Crippen molar-refractivity contribution in [2.45, 2.75) is 26.3 Å². The highest BCUT2D eigenvalue weighted by Gasteiger charge is 2.13. The fourth-order valence-corrected chi connectivity index (χ4v) is 1.79. The first-order valence-corrected chi connectivity index (χ1v) is 6.58. The first-order chi connectivity index (χ1) is 9.22. The molecule has 4 heteroatoms. The van der Waals surface area contributed by atoms with E-state index in [9.17, 15) is 4.79 Å². The lowest BCUT2D eigenvalue weighted by Gasteiger charge is -2.11. The number of para-hydroxylation sites is 1. The zero-order valence-corrected chi connectivity index (χ0v) is 11.3. The highest BCUT2D eigenvalue weighted by Crippen LogP contribution is 2.10. The second kappa shape index (κ2) is 6.29. The Morgan fingerprint density at radius 2 is 2.05 bits per heavy atom. The molecule has 0 spiro atoms. The van der Waals surface area contributed by atoms with E-state index in [0.29, 0.717) is 18.3 Å². The van der Waals surface area contributed by atoms with Gasteiger partial charge in [-0.05, 0) is 31.5 Å². The molecule has 1 unspecified atom stereocenters. The Morgan fingerprint density at radius 3 is 2.74 bits per heavy atom. The number of hydrogen-bond donors (Lipinski definition) is 1. The van der Waals surface area contributed by atoms with Gasteiger partial charge >= 0.3 is 0 Å². The van der Waals surface area contributed by atoms with Crippen LogP contribution in [0.15, 0.2) is 42.6 Å². The lowest BCUT2D eigenvalue weighted by atomic mass is 10.2. The van der Waals surface area contributed by atoms with Crippen molar-refractivity contribution in [1.29, 1.82) is 0 Å². The third kappa shape index (κ3) is 3.29. The Labute approximate surface area is 113 Å². The van der Waals surface area contributed by atoms with Crippen LogP contribution in [-0.4, -0.2) is 28.2 Å². The van der Waals surface area contributed by atoms with E-state index in [4.69, 9.17) is 0 Å². The van der Waals surface area contributed by atoms with Crippen molar-refractivity contribution in [3.8, 4) is 5.69 Å². The number of ketones is 1. The molecule has 0 aliphatic heterocycles. The van der Waals surface area contributed by atoms with Crippen LogP contribution in [0.4, 0.5) is 0 Å². The Hall–Kier alpha value is -1.94. The van der Waals surface area contributed by atoms with E-state index >= 15 is 0 Å². The molecule has 1 N–H and O–H groups in total. The topological polar surface area (TPSA) is 46.9 Å². The number of carbonyl (C=O) groups is 1. The van der Waals surface area contributed by atoms with E-state index < -0.39 is 0 Å². The number of aromatic nitrogens is 2. The molecule has 2 aromatic rings. The van der Waals surface area contributed by atoms with E-state index in [2.05, 4.69) is 24.3 Å². The minimum atomic E-state index is 0.0571. The van der Waals surface area contributed by atoms with Crippen molar-refractivity contribution in [2.75, 3.05) is 6.54 Å². The van der Waals surface area contributed by atoms with Crippen molar-refractivity contribution in [3.63, 3.8) is 0 Å². The highest BCUT2D eigenvalue weighted by atomic mass is 16.1. The van der Waals surface area contributed by atoms with Crippen LogP contribution >= 0.6 is 0 Å². The standard InChI is InChI=1S/C15H19N3O/c1-3-12(2)16-11-15(19)14-9-10-17-18(14)13-7-5-4-6-8-13/h4-10,12,16H,3,11H2,1-2H3. The normalized spacial score (nSPS) is 12.3. The lowest BCUT2D eigenvalue weighted by molar-refractivity contribution is 0.0980. The molecule has 1 aromatic heterocycles. The van der Waals surface area contributed by atoms with Gasteiger partial charge in [-0.15, -0.1) is 0 Å². The summed E-state index contributed by atoms with van der Waals surface area (Å²) < 4.78 is 1.68. The van der Waals surface area contributed by atoms with Gasteiger partial charge in [0.1, 0.15) is 5.69 Å². The van der Waals surface area contributed by atoms with Gasteiger partial charge in [0, 0.05) is 6.04 Å². The summed E-state index contributed by atoms with van der Waals surface area (Å²) in [7, 11) is 0. The molecule has 4 nitrogen and oxygen atoms in total. The molecule has 0 radical (unpaired) electrons. The van der Waals surface area contributed by atoms with Gasteiger partial charge < -0.3 is 5.32 Å². The summed E-state index contributed by atoms with van der Waals surface area (Å²) in [5.41, 5.74) is 1.52. The predicted octanol–water partition coefficient (Wildman–Crippen LogP) is 2.44. The minimum absolute atomic E-state index is 0.0571. The van der Waals surface area contributed by atoms with Gasteiger partial charge in [-0.3, -0.25) is 4.79 Å². The summed E-state index contributed by atoms with van der Waals surface area (Å²) in [4.78, 5) is 12.2. The summed E-state index contributed by atoms with van der Waals surface area (Å²) in [6, 6.07) is 11.8. The van der Waals surface area contributed by atoms with Crippen LogP contribution in [0.1, 0.15) is 30.8 Å². The maximum atomic E-state index is 12.2. The number of rotatable bonds is 6. The summed E-state index contributed by atoms with van der Waals surface area (Å²) in [5.74, 6) is 0.0571. The average molecular weight is 257 g/mol. The van der Waals surface area contributed by atoms with Gasteiger partial charge in [0.15, 0.2) is 5.78 Å². The maximum Gasteiger partial charge on any atom is 0.195 e. The highest BCUT2D eigenvalue weighted by molar-refractivity contribution is 5.96. The fraction of sp³-hybridized carbons (Fsp3) is 0.333. The number of nitrogens with zero attached hydrogens (tertiary/aromatic N) is 2. The van der Waals surface area contributed by atoms with E-state index in [0.717, 1.165) is 12.1 Å². The lowest BCUT2D eigenvalue weighted by Crippen LogP contribution is -2.31. The molecule has 0 bridgehead atoms. The molecule has 0 aliphatic carbocycles. The van der Waals surface area contributed by atoms with E-state index in [-0.39, 0.29) is 5.78 Å². The van der Waals surface area contributed by atoms with E-state index in [1.807, 2.05) is 30.3 Å². The SMILES string of the molecule is CCC(C)NCC(=O)c1ccnn1-c1ccccc1. The molecule has 19 heavy (non-hydrogen) atoms. The number of hydrogen-bond acceptors (Lipinski definition) is 3. The fourth-order valence-electron chi connectivity index (χ4n) is 1.79. The Bertz CT molecular complexity index is 533. The van der Waals surface area contributed by atoms with Crippen LogP contribution in [0.5, 0.6) is 0 Å². The first-order valence-electron chi connectivity index (χ1n) is 6.58. The van der Waals surface area contributed by atoms with Gasteiger partial charge in [-0.1, -0.05) is 25.1 Å². The molecule has 0 aliphatic rings. The number of Topliss-reactive ketones (excluding diaryl/α,β-unsaturated/α-hetero) is 1. The minimum Gasteiger partial charge on any atom is -0.307 e. The molecule has 1 atom stereocenters. The van der Waals surface area contributed by atoms with Crippen LogP contribution < -0.4 is 5.32 Å². The molecule has 0 fully saturated rings. The molecule has 0 saturated heterocycles. The summed E-state index contributed by atoms with van der Waals surface area (Å²) in [6.07, 6.45) is 2.66. The Balaban J connectivity index is 2.14. The van der Waals surface area contributed by atoms with Crippen LogP contribution in [-0.2, 0) is 0 Å². The largest absolute Gasteiger partial charge is 0.307 e. The third-order valence-electron chi connectivity index (χ3n) is 3.15. The monoisotopic (exact) mass is 257 g/mol. The van der Waals surface area contributed by atoms with Gasteiger partial charge in [0.05, 0.1) is 18.4 Å². The molecule has 2 rings (SSSR count). The second-order valence-corrected chi connectivity index (χ2v) is 4.58. The van der Waals surface area contributed by atoms with Crippen LogP contribution in [0, 0.1) is 0 Å². The zero-order chi connectivity index (χ0) is 13.7. The maximum absolute atomic E-state index is 12.2. The molecule has 100 valence electrons. The average Bonchev–Trinajstić information content (AvgIpc) is 2.94. The molecular weight excluding hydrogens is 238 g/mol. The van der Waals surface area contributed by atoms with Crippen molar-refractivity contribution in [3.05, 3.63) is 48.3 Å². The third-order valence-corrected chi connectivity index (χ3v) is 3.15. The smallest absolute Gasteiger partial charge is 0.195 e. The number of nitrogens with one attached hydrogen (secondary N) is 1. The van der Waals surface area contributed by atoms with E-state index in [1.54, 1.807) is 16.9 Å². The van der Waals surface area contributed by atoms with Crippen LogP contribution in [0.25, 0.3) is 5.69 Å². The Morgan fingerprint density at radius 1 is 1.32 bits per heavy atom. The molecule has 1 heterocycles. The number of carbonyl (C=O) groups excluding carboxylic acids is 1. The van der Waals surface area contributed by atoms with Crippen molar-refractivity contribution < 1.29 is 4.79 Å². The first kappa shape index (κ1) is 13.5. The predicted molar refractivity (Wildman–Crippen MR) is 75.7 cm³/mol. The van der Waals surface area contributed by atoms with Gasteiger partial charge in [0.25, 0.3) is 0 Å². The van der Waals surface area contributed by atoms with E-state index in [1.165, 1.54) is 0 Å². The molecule has 1 aromatic carbocycles. The molecule has 0 saturated carbocycles. The summed E-state index contributed by atoms with van der Waals surface area (Å²) in [6.45, 7) is 4.51. The van der Waals surface area contributed by atoms with Crippen LogP contribution in [0.3, 0.4) is 0 Å². The van der Waals surface area contributed by atoms with Crippen molar-refractivity contribution in [1.82, 2.24) is 15.1 Å². The second-order valence-electron chi connectivity index (χ2n) is 4.58. The Kier molecular flexibility index (Phi) is 4.47. The van der Waals surface area contributed by atoms with Crippen LogP contribution in [0.2, 0.25) is 0 Å².